The first-order valence-corrected chi connectivity index (χ1v) is 4.16. The first-order valence-electron chi connectivity index (χ1n) is 4.16. The lowest BCUT2D eigenvalue weighted by Crippen LogP contribution is -2.23. The molecule has 0 bridgehead atoms. The van der Waals surface area contributed by atoms with Gasteiger partial charge in [-0.25, -0.2) is 0 Å². The van der Waals surface area contributed by atoms with E-state index in [0.29, 0.717) is 12.3 Å². The summed E-state index contributed by atoms with van der Waals surface area (Å²) in [6.45, 7) is 6.65. The fourth-order valence-electron chi connectivity index (χ4n) is 1.34. The lowest BCUT2D eigenvalue weighted by molar-refractivity contribution is -0.128. The summed E-state index contributed by atoms with van der Waals surface area (Å²) < 4.78 is 0. The molecule has 0 saturated carbocycles. The molecule has 1 unspecified atom stereocenters. The van der Waals surface area contributed by atoms with Crippen LogP contribution in [0.3, 0.4) is 0 Å². The molecule has 2 heteroatoms. The Balaban J connectivity index is 2.55. The summed E-state index contributed by atoms with van der Waals surface area (Å²) in [7, 11) is 0. The van der Waals surface area contributed by atoms with Gasteiger partial charge in [0.2, 0.25) is 5.91 Å². The van der Waals surface area contributed by atoms with E-state index in [2.05, 4.69) is 13.5 Å². The van der Waals surface area contributed by atoms with Crippen molar-refractivity contribution in [2.75, 3.05) is 6.54 Å². The zero-order valence-corrected chi connectivity index (χ0v) is 7.05. The van der Waals surface area contributed by atoms with E-state index >= 15 is 0 Å². The Morgan fingerprint density at radius 2 is 2.36 bits per heavy atom. The molecule has 0 N–H and O–H groups in total. The molecule has 1 heterocycles. The predicted octanol–water partition coefficient (Wildman–Crippen LogP) is 1.78. The maximum atomic E-state index is 11.2. The number of carbonyl (C=O) groups is 1. The Kier molecular flexibility index (Phi) is 2.69. The van der Waals surface area contributed by atoms with E-state index in [1.165, 1.54) is 0 Å². The molecule has 62 valence electrons. The van der Waals surface area contributed by atoms with Gasteiger partial charge in [0.25, 0.3) is 0 Å². The van der Waals surface area contributed by atoms with E-state index < -0.39 is 0 Å². The van der Waals surface area contributed by atoms with Gasteiger partial charge in [-0.2, -0.15) is 0 Å². The largest absolute Gasteiger partial charge is 0.320 e. The maximum Gasteiger partial charge on any atom is 0.226 e. The number of likely N-dealkylation sites (tertiary alicyclic amines) is 1. The van der Waals surface area contributed by atoms with Crippen LogP contribution >= 0.6 is 0 Å². The van der Waals surface area contributed by atoms with Crippen molar-refractivity contribution in [2.24, 2.45) is 5.92 Å². The monoisotopic (exact) mass is 153 g/mol. The van der Waals surface area contributed by atoms with Gasteiger partial charge in [0.05, 0.1) is 0 Å². The molecule has 0 spiro atoms. The highest BCUT2D eigenvalue weighted by atomic mass is 16.2. The van der Waals surface area contributed by atoms with Gasteiger partial charge >= 0.3 is 0 Å². The van der Waals surface area contributed by atoms with Crippen LogP contribution in [0, 0.1) is 5.92 Å². The molecule has 2 nitrogen and oxygen atoms in total. The number of hydrogen-bond acceptors (Lipinski definition) is 1. The van der Waals surface area contributed by atoms with Crippen molar-refractivity contribution in [3.8, 4) is 0 Å². The molecule has 1 saturated heterocycles. The number of amides is 1. The second-order valence-electron chi connectivity index (χ2n) is 3.20. The molecule has 1 atom stereocenters. The van der Waals surface area contributed by atoms with Crippen molar-refractivity contribution in [2.45, 2.75) is 26.2 Å². The number of nitrogens with zero attached hydrogens (tertiary/aromatic N) is 1. The quantitative estimate of drug-likeness (QED) is 0.562. The molecule has 0 radical (unpaired) electrons. The summed E-state index contributed by atoms with van der Waals surface area (Å²) in [6, 6.07) is 0. The van der Waals surface area contributed by atoms with Crippen LogP contribution in [-0.2, 0) is 4.79 Å². The summed E-state index contributed by atoms with van der Waals surface area (Å²) in [5, 5.41) is 0. The summed E-state index contributed by atoms with van der Waals surface area (Å²) >= 11 is 0. The van der Waals surface area contributed by atoms with Crippen LogP contribution in [0.1, 0.15) is 26.2 Å². The zero-order chi connectivity index (χ0) is 8.27. The third-order valence-corrected chi connectivity index (χ3v) is 2.25. The number of hydrogen-bond donors (Lipinski definition) is 0. The molecule has 11 heavy (non-hydrogen) atoms. The zero-order valence-electron chi connectivity index (χ0n) is 7.05. The van der Waals surface area contributed by atoms with Crippen LogP contribution in [-0.4, -0.2) is 17.4 Å². The molecule has 0 aliphatic carbocycles. The minimum absolute atomic E-state index is 0.226. The molecule has 1 fully saturated rings. The lowest BCUT2D eigenvalue weighted by atomic mass is 10.0. The van der Waals surface area contributed by atoms with Gasteiger partial charge in [0.15, 0.2) is 0 Å². The van der Waals surface area contributed by atoms with Crippen LogP contribution < -0.4 is 0 Å². The van der Waals surface area contributed by atoms with Gasteiger partial charge in [-0.15, -0.1) is 0 Å². The summed E-state index contributed by atoms with van der Waals surface area (Å²) in [5.41, 5.74) is 0. The predicted molar refractivity (Wildman–Crippen MR) is 44.9 cm³/mol. The molecule has 1 aliphatic heterocycles. The van der Waals surface area contributed by atoms with Gasteiger partial charge in [0, 0.05) is 13.0 Å². The van der Waals surface area contributed by atoms with Gasteiger partial charge < -0.3 is 4.90 Å². The fraction of sp³-hybridized carbons (Fsp3) is 0.667. The molecule has 0 aromatic rings. The minimum atomic E-state index is 0.226. The second kappa shape index (κ2) is 3.56. The standard InChI is InChI=1S/C9H15NO/c1-3-10-7-6-8(2)4-5-9(10)11/h3,8H,1,4-7H2,2H3. The number of rotatable bonds is 1. The Morgan fingerprint density at radius 3 is 3.00 bits per heavy atom. The molecule has 1 amide bonds. The van der Waals surface area contributed by atoms with Crippen LogP contribution in [0.4, 0.5) is 0 Å². The highest BCUT2D eigenvalue weighted by molar-refractivity contribution is 5.77. The normalized spacial score (nSPS) is 26.5. The van der Waals surface area contributed by atoms with Crippen molar-refractivity contribution < 1.29 is 4.79 Å². The Bertz CT molecular complexity index is 165. The molecule has 0 aromatic carbocycles. The molecule has 0 aromatic heterocycles. The Hall–Kier alpha value is -0.790. The lowest BCUT2D eigenvalue weighted by Gasteiger charge is -2.13. The van der Waals surface area contributed by atoms with Crippen molar-refractivity contribution in [3.05, 3.63) is 12.8 Å². The van der Waals surface area contributed by atoms with E-state index in [-0.39, 0.29) is 5.91 Å². The second-order valence-corrected chi connectivity index (χ2v) is 3.20. The summed E-state index contributed by atoms with van der Waals surface area (Å²) in [5.74, 6) is 0.910. The highest BCUT2D eigenvalue weighted by Crippen LogP contribution is 2.17. The van der Waals surface area contributed by atoms with Crippen molar-refractivity contribution in [3.63, 3.8) is 0 Å². The average molecular weight is 153 g/mol. The van der Waals surface area contributed by atoms with E-state index in [1.807, 2.05) is 0 Å². The topological polar surface area (TPSA) is 20.3 Å². The van der Waals surface area contributed by atoms with Crippen molar-refractivity contribution in [1.29, 1.82) is 0 Å². The minimum Gasteiger partial charge on any atom is -0.320 e. The highest BCUT2D eigenvalue weighted by Gasteiger charge is 2.17. The Labute approximate surface area is 67.9 Å². The first kappa shape index (κ1) is 8.31. The van der Waals surface area contributed by atoms with Crippen molar-refractivity contribution >= 4 is 5.91 Å². The third kappa shape index (κ3) is 2.07. The first-order chi connectivity index (χ1) is 5.24. The molecular formula is C9H15NO. The van der Waals surface area contributed by atoms with Gasteiger partial charge in [-0.3, -0.25) is 4.79 Å². The van der Waals surface area contributed by atoms with Crippen LogP contribution in [0.2, 0.25) is 0 Å². The maximum absolute atomic E-state index is 11.2. The smallest absolute Gasteiger partial charge is 0.226 e. The molecule has 1 aliphatic rings. The summed E-state index contributed by atoms with van der Waals surface area (Å²) in [6.07, 6.45) is 4.47. The van der Waals surface area contributed by atoms with Gasteiger partial charge in [-0.05, 0) is 25.0 Å². The van der Waals surface area contributed by atoms with Crippen LogP contribution in [0.15, 0.2) is 12.8 Å². The SMILES string of the molecule is C=CN1CCC(C)CCC1=O. The average Bonchev–Trinajstić information content (AvgIpc) is 2.15. The fourth-order valence-corrected chi connectivity index (χ4v) is 1.34. The van der Waals surface area contributed by atoms with Crippen LogP contribution in [0.5, 0.6) is 0 Å². The third-order valence-electron chi connectivity index (χ3n) is 2.25. The van der Waals surface area contributed by atoms with Gasteiger partial charge in [-0.1, -0.05) is 13.5 Å². The van der Waals surface area contributed by atoms with E-state index in [4.69, 9.17) is 0 Å². The van der Waals surface area contributed by atoms with Crippen LogP contribution in [0.25, 0.3) is 0 Å². The van der Waals surface area contributed by atoms with Gasteiger partial charge in [0.1, 0.15) is 0 Å². The molecule has 1 rings (SSSR count). The summed E-state index contributed by atoms with van der Waals surface area (Å²) in [4.78, 5) is 13.0. The van der Waals surface area contributed by atoms with E-state index in [0.717, 1.165) is 19.4 Å². The number of carbonyl (C=O) groups excluding carboxylic acids is 1. The van der Waals surface area contributed by atoms with E-state index in [1.54, 1.807) is 11.1 Å². The van der Waals surface area contributed by atoms with Crippen molar-refractivity contribution in [1.82, 2.24) is 4.90 Å². The van der Waals surface area contributed by atoms with E-state index in [9.17, 15) is 4.79 Å². The Morgan fingerprint density at radius 1 is 1.64 bits per heavy atom. The molecular weight excluding hydrogens is 138 g/mol.